The van der Waals surface area contributed by atoms with Crippen LogP contribution in [-0.2, 0) is 6.42 Å². The second-order valence-electron chi connectivity index (χ2n) is 5.47. The lowest BCUT2D eigenvalue weighted by molar-refractivity contribution is 0.247. The van der Waals surface area contributed by atoms with Gasteiger partial charge in [-0.1, -0.05) is 30.3 Å². The summed E-state index contributed by atoms with van der Waals surface area (Å²) < 4.78 is 5.16. The summed E-state index contributed by atoms with van der Waals surface area (Å²) in [4.78, 5) is 12.2. The molecule has 0 spiro atoms. The van der Waals surface area contributed by atoms with Gasteiger partial charge in [0.05, 0.1) is 13.2 Å². The first-order valence-electron chi connectivity index (χ1n) is 7.55. The molecule has 0 saturated carbocycles. The fourth-order valence-corrected chi connectivity index (χ4v) is 2.93. The molecule has 1 atom stereocenters. The number of methoxy groups -OCH3 is 1. The smallest absolute Gasteiger partial charge is 0.319 e. The molecule has 0 unspecified atom stereocenters. The van der Waals surface area contributed by atoms with Gasteiger partial charge < -0.3 is 15.4 Å². The van der Waals surface area contributed by atoms with E-state index in [-0.39, 0.29) is 12.1 Å². The standard InChI is InChI=1S/C18H20N2O2/c1-22-15-9-5-8-14(12-15)19-18(21)20-17-11-4-7-13-6-2-3-10-16(13)17/h2-3,5-6,8-10,12,17H,4,7,11H2,1H3,(H2,19,20,21)/t17-/m1/s1. The predicted octanol–water partition coefficient (Wildman–Crippen LogP) is 3.89. The highest BCUT2D eigenvalue weighted by molar-refractivity contribution is 5.89. The third-order valence-corrected chi connectivity index (χ3v) is 4.00. The van der Waals surface area contributed by atoms with Crippen molar-refractivity contribution in [2.75, 3.05) is 12.4 Å². The van der Waals surface area contributed by atoms with Crippen LogP contribution < -0.4 is 15.4 Å². The molecular formula is C18H20N2O2. The molecule has 0 bridgehead atoms. The summed E-state index contributed by atoms with van der Waals surface area (Å²) in [7, 11) is 1.61. The Morgan fingerprint density at radius 2 is 2.05 bits per heavy atom. The number of fused-ring (bicyclic) bond motifs is 1. The number of nitrogens with one attached hydrogen (secondary N) is 2. The van der Waals surface area contributed by atoms with Crippen molar-refractivity contribution >= 4 is 11.7 Å². The van der Waals surface area contributed by atoms with Crippen molar-refractivity contribution in [2.45, 2.75) is 25.3 Å². The lowest BCUT2D eigenvalue weighted by Gasteiger charge is -2.26. The maximum atomic E-state index is 12.2. The van der Waals surface area contributed by atoms with Crippen molar-refractivity contribution in [1.82, 2.24) is 5.32 Å². The summed E-state index contributed by atoms with van der Waals surface area (Å²) in [5.41, 5.74) is 3.29. The Kier molecular flexibility index (Phi) is 4.28. The summed E-state index contributed by atoms with van der Waals surface area (Å²) in [5, 5.41) is 5.93. The van der Waals surface area contributed by atoms with Gasteiger partial charge in [-0.25, -0.2) is 4.79 Å². The quantitative estimate of drug-likeness (QED) is 0.902. The number of urea groups is 1. The van der Waals surface area contributed by atoms with Crippen LogP contribution in [0.4, 0.5) is 10.5 Å². The number of benzene rings is 2. The second-order valence-corrected chi connectivity index (χ2v) is 5.47. The van der Waals surface area contributed by atoms with Crippen LogP contribution in [0.5, 0.6) is 5.75 Å². The van der Waals surface area contributed by atoms with Gasteiger partial charge in [0.1, 0.15) is 5.75 Å². The van der Waals surface area contributed by atoms with Gasteiger partial charge in [0.15, 0.2) is 0 Å². The molecule has 1 aliphatic rings. The van der Waals surface area contributed by atoms with E-state index in [1.54, 1.807) is 13.2 Å². The number of ether oxygens (including phenoxy) is 1. The Hall–Kier alpha value is -2.49. The van der Waals surface area contributed by atoms with E-state index in [1.165, 1.54) is 11.1 Å². The molecule has 0 fully saturated rings. The maximum absolute atomic E-state index is 12.2. The van der Waals surface area contributed by atoms with Gasteiger partial charge >= 0.3 is 6.03 Å². The predicted molar refractivity (Wildman–Crippen MR) is 87.3 cm³/mol. The van der Waals surface area contributed by atoms with Gasteiger partial charge in [-0.15, -0.1) is 0 Å². The minimum Gasteiger partial charge on any atom is -0.497 e. The molecule has 2 amide bonds. The molecule has 114 valence electrons. The van der Waals surface area contributed by atoms with Gasteiger partial charge in [-0.3, -0.25) is 0 Å². The molecule has 2 aromatic carbocycles. The average Bonchev–Trinajstić information content (AvgIpc) is 2.55. The summed E-state index contributed by atoms with van der Waals surface area (Å²) >= 11 is 0. The van der Waals surface area contributed by atoms with Gasteiger partial charge in [-0.05, 0) is 42.5 Å². The highest BCUT2D eigenvalue weighted by Crippen LogP contribution is 2.29. The van der Waals surface area contributed by atoms with Crippen molar-refractivity contribution in [3.05, 3.63) is 59.7 Å². The summed E-state index contributed by atoms with van der Waals surface area (Å²) in [6, 6.07) is 15.6. The largest absolute Gasteiger partial charge is 0.497 e. The fourth-order valence-electron chi connectivity index (χ4n) is 2.93. The van der Waals surface area contributed by atoms with Crippen LogP contribution in [0.3, 0.4) is 0 Å². The number of aryl methyl sites for hydroxylation is 1. The number of amides is 2. The molecule has 2 N–H and O–H groups in total. The van der Waals surface area contributed by atoms with E-state index >= 15 is 0 Å². The van der Waals surface area contributed by atoms with Crippen LogP contribution in [0, 0.1) is 0 Å². The average molecular weight is 296 g/mol. The Balaban J connectivity index is 1.67. The van der Waals surface area contributed by atoms with Crippen LogP contribution in [0.25, 0.3) is 0 Å². The summed E-state index contributed by atoms with van der Waals surface area (Å²) in [6.07, 6.45) is 3.16. The molecule has 0 aromatic heterocycles. The SMILES string of the molecule is COc1cccc(NC(=O)N[C@@H]2CCCc3ccccc32)c1. The van der Waals surface area contributed by atoms with E-state index < -0.39 is 0 Å². The first kappa shape index (κ1) is 14.4. The monoisotopic (exact) mass is 296 g/mol. The van der Waals surface area contributed by atoms with Crippen molar-refractivity contribution in [3.8, 4) is 5.75 Å². The third kappa shape index (κ3) is 3.22. The van der Waals surface area contributed by atoms with E-state index in [0.29, 0.717) is 0 Å². The van der Waals surface area contributed by atoms with Crippen LogP contribution in [-0.4, -0.2) is 13.1 Å². The van der Waals surface area contributed by atoms with E-state index in [2.05, 4.69) is 28.8 Å². The third-order valence-electron chi connectivity index (χ3n) is 4.00. The lowest BCUT2D eigenvalue weighted by Crippen LogP contribution is -2.34. The van der Waals surface area contributed by atoms with Crippen molar-refractivity contribution in [2.24, 2.45) is 0 Å². The Morgan fingerprint density at radius 3 is 2.91 bits per heavy atom. The van der Waals surface area contributed by atoms with Gasteiger partial charge in [0.25, 0.3) is 0 Å². The molecule has 4 heteroatoms. The Morgan fingerprint density at radius 1 is 1.18 bits per heavy atom. The molecule has 0 aliphatic heterocycles. The molecule has 3 rings (SSSR count). The first-order valence-corrected chi connectivity index (χ1v) is 7.55. The zero-order chi connectivity index (χ0) is 15.4. The molecule has 1 aliphatic carbocycles. The number of carbonyl (C=O) groups excluding carboxylic acids is 1. The fraction of sp³-hybridized carbons (Fsp3) is 0.278. The minimum absolute atomic E-state index is 0.0792. The molecule has 0 saturated heterocycles. The van der Waals surface area contributed by atoms with Gasteiger partial charge in [0, 0.05) is 11.8 Å². The van der Waals surface area contributed by atoms with E-state index in [4.69, 9.17) is 4.74 Å². The van der Waals surface area contributed by atoms with Crippen LogP contribution in [0.1, 0.15) is 30.0 Å². The van der Waals surface area contributed by atoms with Crippen LogP contribution in [0.15, 0.2) is 48.5 Å². The van der Waals surface area contributed by atoms with E-state index in [0.717, 1.165) is 30.7 Å². The van der Waals surface area contributed by atoms with Crippen molar-refractivity contribution < 1.29 is 9.53 Å². The number of rotatable bonds is 3. The second kappa shape index (κ2) is 6.52. The molecule has 22 heavy (non-hydrogen) atoms. The number of anilines is 1. The molecule has 0 heterocycles. The zero-order valence-corrected chi connectivity index (χ0v) is 12.6. The first-order chi connectivity index (χ1) is 10.8. The van der Waals surface area contributed by atoms with E-state index in [9.17, 15) is 4.79 Å². The maximum Gasteiger partial charge on any atom is 0.319 e. The summed E-state index contributed by atoms with van der Waals surface area (Å²) in [6.45, 7) is 0. The van der Waals surface area contributed by atoms with Crippen LogP contribution >= 0.6 is 0 Å². The van der Waals surface area contributed by atoms with Crippen LogP contribution in [0.2, 0.25) is 0 Å². The molecular weight excluding hydrogens is 276 g/mol. The van der Waals surface area contributed by atoms with Gasteiger partial charge in [-0.2, -0.15) is 0 Å². The van der Waals surface area contributed by atoms with Gasteiger partial charge in [0.2, 0.25) is 0 Å². The number of carbonyl (C=O) groups is 1. The number of hydrogen-bond donors (Lipinski definition) is 2. The van der Waals surface area contributed by atoms with E-state index in [1.807, 2.05) is 24.3 Å². The zero-order valence-electron chi connectivity index (χ0n) is 12.6. The lowest BCUT2D eigenvalue weighted by atomic mass is 9.88. The topological polar surface area (TPSA) is 50.4 Å². The molecule has 2 aromatic rings. The Bertz CT molecular complexity index is 670. The highest BCUT2D eigenvalue weighted by atomic mass is 16.5. The van der Waals surface area contributed by atoms with Crippen molar-refractivity contribution in [1.29, 1.82) is 0 Å². The molecule has 4 nitrogen and oxygen atoms in total. The minimum atomic E-state index is -0.185. The summed E-state index contributed by atoms with van der Waals surface area (Å²) in [5.74, 6) is 0.723. The molecule has 0 radical (unpaired) electrons. The normalized spacial score (nSPS) is 16.5. The highest BCUT2D eigenvalue weighted by Gasteiger charge is 2.21. The Labute approximate surface area is 130 Å². The number of hydrogen-bond acceptors (Lipinski definition) is 2. The van der Waals surface area contributed by atoms with Crippen molar-refractivity contribution in [3.63, 3.8) is 0 Å².